The van der Waals surface area contributed by atoms with Gasteiger partial charge in [-0.3, -0.25) is 0 Å². The molecule has 7 heteroatoms. The van der Waals surface area contributed by atoms with Gasteiger partial charge in [-0.2, -0.15) is 0 Å². The Morgan fingerprint density at radius 3 is 2.45 bits per heavy atom. The quantitative estimate of drug-likeness (QED) is 0.578. The molecule has 0 radical (unpaired) electrons. The standard InChI is InChI=1S/C13H22O5S2/c1-13(6-7-18-10-12-4-2-3-5-12)11-19(14,15)8-9-20(13,16)17/h10H,2-9,11H2,1H3. The Morgan fingerprint density at radius 2 is 1.80 bits per heavy atom. The number of hydrogen-bond acceptors (Lipinski definition) is 5. The molecule has 2 rings (SSSR count). The highest BCUT2D eigenvalue weighted by molar-refractivity contribution is 7.99. The SMILES string of the molecule is CC1(CCOC=C2CCCC2)CS(=O)(=O)CCS1(=O)=O. The first-order valence-electron chi connectivity index (χ1n) is 6.96. The number of rotatable bonds is 4. The molecule has 0 aromatic carbocycles. The van der Waals surface area contributed by atoms with E-state index >= 15 is 0 Å². The van der Waals surface area contributed by atoms with E-state index in [4.69, 9.17) is 4.74 Å². The number of allylic oxidation sites excluding steroid dienone is 1. The van der Waals surface area contributed by atoms with Gasteiger partial charge in [0.2, 0.25) is 0 Å². The Kier molecular flexibility index (Phi) is 4.49. The summed E-state index contributed by atoms with van der Waals surface area (Å²) >= 11 is 0. The van der Waals surface area contributed by atoms with E-state index in [0.717, 1.165) is 12.8 Å². The van der Waals surface area contributed by atoms with Crippen molar-refractivity contribution in [2.75, 3.05) is 23.9 Å². The van der Waals surface area contributed by atoms with Gasteiger partial charge in [0.1, 0.15) is 0 Å². The molecule has 2 aliphatic rings. The molecule has 116 valence electrons. The lowest BCUT2D eigenvalue weighted by atomic mass is 10.1. The Balaban J connectivity index is 1.96. The Morgan fingerprint density at radius 1 is 1.15 bits per heavy atom. The summed E-state index contributed by atoms with van der Waals surface area (Å²) in [5.41, 5.74) is 1.26. The highest BCUT2D eigenvalue weighted by atomic mass is 32.2. The number of hydrogen-bond donors (Lipinski definition) is 0. The van der Waals surface area contributed by atoms with Crippen molar-refractivity contribution < 1.29 is 21.6 Å². The van der Waals surface area contributed by atoms with Crippen molar-refractivity contribution in [3.8, 4) is 0 Å². The second-order valence-electron chi connectivity index (χ2n) is 5.96. The largest absolute Gasteiger partial charge is 0.501 e. The molecule has 20 heavy (non-hydrogen) atoms. The van der Waals surface area contributed by atoms with E-state index in [9.17, 15) is 16.8 Å². The van der Waals surface area contributed by atoms with E-state index in [2.05, 4.69) is 0 Å². The first kappa shape index (κ1) is 15.8. The van der Waals surface area contributed by atoms with Gasteiger partial charge in [-0.15, -0.1) is 0 Å². The van der Waals surface area contributed by atoms with Gasteiger partial charge in [-0.05, 0) is 38.2 Å². The van der Waals surface area contributed by atoms with Gasteiger partial charge in [0.25, 0.3) is 0 Å². The Labute approximate surface area is 121 Å². The molecule has 2 fully saturated rings. The highest BCUT2D eigenvalue weighted by Crippen LogP contribution is 2.29. The lowest BCUT2D eigenvalue weighted by Crippen LogP contribution is -2.50. The first-order chi connectivity index (χ1) is 9.24. The van der Waals surface area contributed by atoms with Crippen LogP contribution >= 0.6 is 0 Å². The number of sulfone groups is 2. The van der Waals surface area contributed by atoms with E-state index in [1.54, 1.807) is 6.26 Å². The molecule has 1 aliphatic heterocycles. The highest BCUT2D eigenvalue weighted by Gasteiger charge is 2.46. The van der Waals surface area contributed by atoms with Crippen LogP contribution in [-0.2, 0) is 24.4 Å². The van der Waals surface area contributed by atoms with Gasteiger partial charge in [0.15, 0.2) is 19.7 Å². The van der Waals surface area contributed by atoms with Crippen LogP contribution in [0.1, 0.15) is 39.0 Å². The molecule has 1 unspecified atom stereocenters. The maximum absolute atomic E-state index is 12.1. The third-order valence-corrected chi connectivity index (χ3v) is 9.12. The van der Waals surface area contributed by atoms with Gasteiger partial charge >= 0.3 is 0 Å². The second kappa shape index (κ2) is 5.67. The van der Waals surface area contributed by atoms with Crippen molar-refractivity contribution >= 4 is 19.7 Å². The summed E-state index contributed by atoms with van der Waals surface area (Å²) in [4.78, 5) is 0. The summed E-state index contributed by atoms with van der Waals surface area (Å²) in [6.45, 7) is 1.76. The summed E-state index contributed by atoms with van der Waals surface area (Å²) in [7, 11) is -6.64. The summed E-state index contributed by atoms with van der Waals surface area (Å²) in [6, 6.07) is 0. The van der Waals surface area contributed by atoms with Gasteiger partial charge in [0, 0.05) is 6.42 Å². The van der Waals surface area contributed by atoms with Crippen LogP contribution < -0.4 is 0 Å². The van der Waals surface area contributed by atoms with Crippen molar-refractivity contribution in [1.82, 2.24) is 0 Å². The molecule has 0 spiro atoms. The van der Waals surface area contributed by atoms with Crippen LogP contribution in [0.5, 0.6) is 0 Å². The van der Waals surface area contributed by atoms with Crippen molar-refractivity contribution in [3.63, 3.8) is 0 Å². The van der Waals surface area contributed by atoms with Crippen LogP contribution in [0.4, 0.5) is 0 Å². The van der Waals surface area contributed by atoms with E-state index in [0.29, 0.717) is 0 Å². The zero-order valence-electron chi connectivity index (χ0n) is 11.8. The topological polar surface area (TPSA) is 77.5 Å². The maximum atomic E-state index is 12.1. The van der Waals surface area contributed by atoms with Crippen molar-refractivity contribution in [3.05, 3.63) is 11.8 Å². The molecule has 5 nitrogen and oxygen atoms in total. The smallest absolute Gasteiger partial charge is 0.157 e. The average molecular weight is 322 g/mol. The molecule has 0 aromatic heterocycles. The third-order valence-electron chi connectivity index (χ3n) is 4.18. The summed E-state index contributed by atoms with van der Waals surface area (Å²) in [5, 5.41) is 0. The van der Waals surface area contributed by atoms with E-state index in [1.807, 2.05) is 0 Å². The predicted octanol–water partition coefficient (Wildman–Crippen LogP) is 1.45. The fourth-order valence-electron chi connectivity index (χ4n) is 2.74. The minimum atomic E-state index is -3.37. The van der Waals surface area contributed by atoms with Crippen LogP contribution in [0.2, 0.25) is 0 Å². The van der Waals surface area contributed by atoms with Crippen LogP contribution in [0, 0.1) is 0 Å². The zero-order valence-corrected chi connectivity index (χ0v) is 13.4. The van der Waals surface area contributed by atoms with Crippen LogP contribution in [0.3, 0.4) is 0 Å². The summed E-state index contributed by atoms with van der Waals surface area (Å²) in [6.07, 6.45) is 6.39. The van der Waals surface area contributed by atoms with Crippen molar-refractivity contribution in [2.45, 2.75) is 43.8 Å². The summed E-state index contributed by atoms with van der Waals surface area (Å²) < 4.78 is 51.8. The van der Waals surface area contributed by atoms with Gasteiger partial charge < -0.3 is 4.74 Å². The fraction of sp³-hybridized carbons (Fsp3) is 0.846. The molecular weight excluding hydrogens is 300 g/mol. The van der Waals surface area contributed by atoms with Gasteiger partial charge in [0.05, 0.1) is 34.9 Å². The zero-order chi connectivity index (χ0) is 14.9. The summed E-state index contributed by atoms with van der Waals surface area (Å²) in [5.74, 6) is -0.814. The predicted molar refractivity (Wildman–Crippen MR) is 78.0 cm³/mol. The second-order valence-corrected chi connectivity index (χ2v) is 10.8. The molecular formula is C13H22O5S2. The Hall–Kier alpha value is -0.560. The molecule has 1 saturated carbocycles. The minimum Gasteiger partial charge on any atom is -0.501 e. The average Bonchev–Trinajstić information content (AvgIpc) is 2.83. The monoisotopic (exact) mass is 322 g/mol. The van der Waals surface area contributed by atoms with Crippen molar-refractivity contribution in [1.29, 1.82) is 0 Å². The van der Waals surface area contributed by atoms with Gasteiger partial charge in [-0.1, -0.05) is 0 Å². The normalized spacial score (nSPS) is 31.9. The molecule has 1 saturated heterocycles. The van der Waals surface area contributed by atoms with Crippen LogP contribution in [-0.4, -0.2) is 45.4 Å². The molecule has 0 bridgehead atoms. The molecule has 0 aromatic rings. The molecule has 1 heterocycles. The van der Waals surface area contributed by atoms with Crippen LogP contribution in [0.15, 0.2) is 11.8 Å². The van der Waals surface area contributed by atoms with Crippen molar-refractivity contribution in [2.24, 2.45) is 0 Å². The lowest BCUT2D eigenvalue weighted by Gasteiger charge is -2.32. The third kappa shape index (κ3) is 3.55. The van der Waals surface area contributed by atoms with E-state index in [-0.39, 0.29) is 30.3 Å². The van der Waals surface area contributed by atoms with E-state index in [1.165, 1.54) is 25.3 Å². The number of ether oxygens (including phenoxy) is 1. The Bertz CT molecular complexity index is 580. The van der Waals surface area contributed by atoms with Gasteiger partial charge in [-0.25, -0.2) is 16.8 Å². The van der Waals surface area contributed by atoms with Crippen LogP contribution in [0.25, 0.3) is 0 Å². The molecule has 0 amide bonds. The van der Waals surface area contributed by atoms with E-state index < -0.39 is 24.4 Å². The fourth-order valence-corrected chi connectivity index (χ4v) is 7.99. The molecule has 1 atom stereocenters. The minimum absolute atomic E-state index is 0.221. The lowest BCUT2D eigenvalue weighted by molar-refractivity contribution is 0.229. The maximum Gasteiger partial charge on any atom is 0.157 e. The molecule has 1 aliphatic carbocycles. The first-order valence-corrected chi connectivity index (χ1v) is 10.4. The molecule has 0 N–H and O–H groups in total.